The number of aliphatic carboxylic acids is 2. The van der Waals surface area contributed by atoms with Crippen LogP contribution in [0.4, 0.5) is 0 Å². The molecule has 0 atom stereocenters. The van der Waals surface area contributed by atoms with Crippen LogP contribution in [0, 0.1) is 0 Å². The van der Waals surface area contributed by atoms with Gasteiger partial charge < -0.3 is 15.5 Å². The quantitative estimate of drug-likeness (QED) is 0.739. The highest BCUT2D eigenvalue weighted by molar-refractivity contribution is 6.42. The van der Waals surface area contributed by atoms with E-state index in [2.05, 4.69) is 5.32 Å². The molecule has 7 heteroatoms. The molecule has 2 rings (SSSR count). The molecule has 1 aromatic carbocycles. The van der Waals surface area contributed by atoms with Crippen LogP contribution in [0.2, 0.25) is 10.0 Å². The molecule has 0 saturated heterocycles. The Kier molecular flexibility index (Phi) is 7.50. The van der Waals surface area contributed by atoms with Crippen LogP contribution in [0.1, 0.15) is 31.2 Å². The monoisotopic (exact) mass is 333 g/mol. The summed E-state index contributed by atoms with van der Waals surface area (Å²) in [6.45, 7) is 0.890. The van der Waals surface area contributed by atoms with E-state index in [1.165, 1.54) is 31.2 Å². The van der Waals surface area contributed by atoms with E-state index in [1.54, 1.807) is 0 Å². The number of carboxylic acids is 2. The Morgan fingerprint density at radius 2 is 1.67 bits per heavy atom. The lowest BCUT2D eigenvalue weighted by Gasteiger charge is -2.11. The first-order valence-electron chi connectivity index (χ1n) is 6.53. The van der Waals surface area contributed by atoms with Crippen LogP contribution in [-0.2, 0) is 16.1 Å². The van der Waals surface area contributed by atoms with Gasteiger partial charge in [-0.2, -0.15) is 0 Å². The summed E-state index contributed by atoms with van der Waals surface area (Å²) in [5.74, 6) is -3.65. The van der Waals surface area contributed by atoms with Gasteiger partial charge in [-0.05, 0) is 30.5 Å². The lowest BCUT2D eigenvalue weighted by Crippen LogP contribution is -2.25. The second kappa shape index (κ2) is 8.87. The van der Waals surface area contributed by atoms with Gasteiger partial charge in [0.05, 0.1) is 10.0 Å². The number of benzene rings is 1. The SMILES string of the molecule is Clc1ccc(CNC2CCCC2)cc1Cl.O=C(O)C(=O)O. The average Bonchev–Trinajstić information content (AvgIpc) is 2.94. The van der Waals surface area contributed by atoms with Gasteiger partial charge in [-0.25, -0.2) is 9.59 Å². The fourth-order valence-electron chi connectivity index (χ4n) is 2.04. The summed E-state index contributed by atoms with van der Waals surface area (Å²) in [5.41, 5.74) is 1.20. The number of nitrogens with one attached hydrogen (secondary N) is 1. The lowest BCUT2D eigenvalue weighted by molar-refractivity contribution is -0.159. The molecule has 0 bridgehead atoms. The summed E-state index contributed by atoms with van der Waals surface area (Å²) in [4.78, 5) is 18.2. The largest absolute Gasteiger partial charge is 0.473 e. The Labute approximate surface area is 132 Å². The van der Waals surface area contributed by atoms with Crippen LogP contribution in [0.15, 0.2) is 18.2 Å². The van der Waals surface area contributed by atoms with Crippen LogP contribution in [0.3, 0.4) is 0 Å². The Bertz CT molecular complexity index is 490. The number of hydrogen-bond donors (Lipinski definition) is 3. The minimum atomic E-state index is -1.82. The van der Waals surface area contributed by atoms with Crippen molar-refractivity contribution in [1.82, 2.24) is 5.32 Å². The van der Waals surface area contributed by atoms with E-state index in [1.807, 2.05) is 18.2 Å². The van der Waals surface area contributed by atoms with E-state index < -0.39 is 11.9 Å². The first-order valence-corrected chi connectivity index (χ1v) is 7.29. The number of carbonyl (C=O) groups is 2. The van der Waals surface area contributed by atoms with Gasteiger partial charge in [-0.1, -0.05) is 42.1 Å². The molecule has 1 fully saturated rings. The molecule has 0 amide bonds. The molecule has 1 saturated carbocycles. The molecule has 1 aliphatic carbocycles. The third-order valence-corrected chi connectivity index (χ3v) is 3.86. The minimum Gasteiger partial charge on any atom is -0.473 e. The van der Waals surface area contributed by atoms with E-state index in [4.69, 9.17) is 43.0 Å². The maximum absolute atomic E-state index is 9.10. The van der Waals surface area contributed by atoms with Crippen LogP contribution in [0.5, 0.6) is 0 Å². The first kappa shape index (κ1) is 17.8. The molecule has 0 aliphatic heterocycles. The number of halogens is 2. The highest BCUT2D eigenvalue weighted by atomic mass is 35.5. The molecule has 1 aromatic rings. The van der Waals surface area contributed by atoms with Crippen molar-refractivity contribution in [2.75, 3.05) is 0 Å². The molecule has 0 unspecified atom stereocenters. The van der Waals surface area contributed by atoms with E-state index in [0.29, 0.717) is 16.1 Å². The average molecular weight is 334 g/mol. The van der Waals surface area contributed by atoms with Gasteiger partial charge in [0.1, 0.15) is 0 Å². The molecule has 0 radical (unpaired) electrons. The van der Waals surface area contributed by atoms with E-state index in [9.17, 15) is 0 Å². The molecular formula is C14H17Cl2NO4. The van der Waals surface area contributed by atoms with Crippen molar-refractivity contribution < 1.29 is 19.8 Å². The van der Waals surface area contributed by atoms with Gasteiger partial charge in [0.25, 0.3) is 0 Å². The number of carboxylic acid groups (broad SMARTS) is 2. The first-order chi connectivity index (χ1) is 9.90. The minimum absolute atomic E-state index is 0.626. The zero-order valence-electron chi connectivity index (χ0n) is 11.3. The van der Waals surface area contributed by atoms with Crippen molar-refractivity contribution >= 4 is 35.1 Å². The van der Waals surface area contributed by atoms with Crippen molar-refractivity contribution in [3.05, 3.63) is 33.8 Å². The van der Waals surface area contributed by atoms with Gasteiger partial charge in [0.15, 0.2) is 0 Å². The van der Waals surface area contributed by atoms with Crippen molar-refractivity contribution in [1.29, 1.82) is 0 Å². The van der Waals surface area contributed by atoms with Crippen LogP contribution in [0.25, 0.3) is 0 Å². The zero-order valence-corrected chi connectivity index (χ0v) is 12.8. The summed E-state index contributed by atoms with van der Waals surface area (Å²) in [5, 5.41) is 19.6. The third kappa shape index (κ3) is 6.80. The van der Waals surface area contributed by atoms with Gasteiger partial charge in [0.2, 0.25) is 0 Å². The van der Waals surface area contributed by atoms with Gasteiger partial charge in [-0.3, -0.25) is 0 Å². The topological polar surface area (TPSA) is 86.6 Å². The summed E-state index contributed by atoms with van der Waals surface area (Å²) < 4.78 is 0. The highest BCUT2D eigenvalue weighted by Gasteiger charge is 2.13. The predicted octanol–water partition coefficient (Wildman–Crippen LogP) is 3.18. The third-order valence-electron chi connectivity index (χ3n) is 3.12. The Balaban J connectivity index is 0.000000315. The second-order valence-electron chi connectivity index (χ2n) is 4.72. The fourth-order valence-corrected chi connectivity index (χ4v) is 2.36. The molecule has 0 spiro atoms. The summed E-state index contributed by atoms with van der Waals surface area (Å²) in [6, 6.07) is 6.51. The number of hydrogen-bond acceptors (Lipinski definition) is 3. The van der Waals surface area contributed by atoms with Gasteiger partial charge in [0, 0.05) is 12.6 Å². The Morgan fingerprint density at radius 1 is 1.10 bits per heavy atom. The molecule has 5 nitrogen and oxygen atoms in total. The molecule has 116 valence electrons. The smallest absolute Gasteiger partial charge is 0.414 e. The van der Waals surface area contributed by atoms with E-state index >= 15 is 0 Å². The second-order valence-corrected chi connectivity index (χ2v) is 5.54. The Hall–Kier alpha value is -1.30. The highest BCUT2D eigenvalue weighted by Crippen LogP contribution is 2.23. The standard InChI is InChI=1S/C12H15Cl2N.C2H2O4/c13-11-6-5-9(7-12(11)14)8-15-10-3-1-2-4-10;3-1(4)2(5)6/h5-7,10,15H,1-4,8H2;(H,3,4)(H,5,6). The van der Waals surface area contributed by atoms with Crippen molar-refractivity contribution in [2.24, 2.45) is 0 Å². The summed E-state index contributed by atoms with van der Waals surface area (Å²) >= 11 is 11.8. The molecule has 3 N–H and O–H groups in total. The van der Waals surface area contributed by atoms with Crippen LogP contribution in [-0.4, -0.2) is 28.2 Å². The Morgan fingerprint density at radius 3 is 2.14 bits per heavy atom. The molecule has 0 aromatic heterocycles. The van der Waals surface area contributed by atoms with Crippen molar-refractivity contribution in [3.63, 3.8) is 0 Å². The summed E-state index contributed by atoms with van der Waals surface area (Å²) in [6.07, 6.45) is 5.33. The maximum Gasteiger partial charge on any atom is 0.414 e. The maximum atomic E-state index is 9.10. The summed E-state index contributed by atoms with van der Waals surface area (Å²) in [7, 11) is 0. The lowest BCUT2D eigenvalue weighted by atomic mass is 10.2. The van der Waals surface area contributed by atoms with E-state index in [-0.39, 0.29) is 0 Å². The molecule has 21 heavy (non-hydrogen) atoms. The van der Waals surface area contributed by atoms with Crippen molar-refractivity contribution in [3.8, 4) is 0 Å². The van der Waals surface area contributed by atoms with Gasteiger partial charge in [-0.15, -0.1) is 0 Å². The molecular weight excluding hydrogens is 317 g/mol. The normalized spacial score (nSPS) is 14.4. The molecule has 1 aliphatic rings. The zero-order chi connectivity index (χ0) is 15.8. The number of rotatable bonds is 3. The fraction of sp³-hybridized carbons (Fsp3) is 0.429. The molecule has 0 heterocycles. The van der Waals surface area contributed by atoms with Crippen molar-refractivity contribution in [2.45, 2.75) is 38.3 Å². The van der Waals surface area contributed by atoms with Crippen LogP contribution < -0.4 is 5.32 Å². The van der Waals surface area contributed by atoms with Gasteiger partial charge >= 0.3 is 11.9 Å². The van der Waals surface area contributed by atoms with E-state index in [0.717, 1.165) is 6.54 Å². The predicted molar refractivity (Wildman–Crippen MR) is 80.8 cm³/mol. The van der Waals surface area contributed by atoms with Crippen LogP contribution >= 0.6 is 23.2 Å².